The number of carbonyl (C=O) groups excluding carboxylic acids is 2. The molecule has 29 heavy (non-hydrogen) atoms. The first-order valence-corrected chi connectivity index (χ1v) is 12.0. The Bertz CT molecular complexity index is 622. The molecule has 9 heteroatoms. The highest BCUT2D eigenvalue weighted by Crippen LogP contribution is 2.42. The van der Waals surface area contributed by atoms with Crippen molar-refractivity contribution in [2.24, 2.45) is 23.7 Å². The van der Waals surface area contributed by atoms with E-state index in [-0.39, 0.29) is 29.8 Å². The minimum Gasteiger partial charge on any atom is -0.359 e. The van der Waals surface area contributed by atoms with Gasteiger partial charge in [0.05, 0.1) is 12.8 Å². The zero-order valence-corrected chi connectivity index (χ0v) is 18.6. The van der Waals surface area contributed by atoms with Gasteiger partial charge in [0, 0.05) is 30.7 Å². The molecule has 0 aromatic carbocycles. The molecule has 1 aliphatic carbocycles. The molecule has 7 unspecified atom stereocenters. The van der Waals surface area contributed by atoms with Gasteiger partial charge in [-0.1, -0.05) is 6.92 Å². The van der Waals surface area contributed by atoms with Crippen LogP contribution in [0.1, 0.15) is 39.0 Å². The predicted molar refractivity (Wildman–Crippen MR) is 114 cm³/mol. The van der Waals surface area contributed by atoms with Crippen LogP contribution in [0.2, 0.25) is 0 Å². The van der Waals surface area contributed by atoms with E-state index in [1.54, 1.807) is 7.05 Å². The number of nitrogens with one attached hydrogen (secondary N) is 4. The van der Waals surface area contributed by atoms with Crippen molar-refractivity contribution in [2.45, 2.75) is 55.9 Å². The summed E-state index contributed by atoms with van der Waals surface area (Å²) in [6.45, 7) is 5.01. The van der Waals surface area contributed by atoms with Gasteiger partial charge in [-0.15, -0.1) is 11.8 Å². The van der Waals surface area contributed by atoms with Crippen molar-refractivity contribution in [1.82, 2.24) is 31.3 Å². The summed E-state index contributed by atoms with van der Waals surface area (Å²) < 4.78 is 0. The maximum absolute atomic E-state index is 13.2. The molecule has 8 nitrogen and oxygen atoms in total. The molecule has 0 aromatic heterocycles. The van der Waals surface area contributed by atoms with Crippen LogP contribution in [0.3, 0.4) is 0 Å². The molecule has 4 rings (SSSR count). The van der Waals surface area contributed by atoms with Crippen LogP contribution in [0.25, 0.3) is 0 Å². The van der Waals surface area contributed by atoms with Gasteiger partial charge in [-0.2, -0.15) is 0 Å². The summed E-state index contributed by atoms with van der Waals surface area (Å²) >= 11 is 1.97. The molecule has 2 amide bonds. The number of rotatable bonds is 5. The molecule has 3 saturated heterocycles. The first kappa shape index (κ1) is 21.4. The topological polar surface area (TPSA) is 88.7 Å². The third-order valence-corrected chi connectivity index (χ3v) is 8.95. The van der Waals surface area contributed by atoms with Gasteiger partial charge in [0.25, 0.3) is 0 Å². The summed E-state index contributed by atoms with van der Waals surface area (Å²) in [5.74, 6) is 1.40. The van der Waals surface area contributed by atoms with Crippen LogP contribution < -0.4 is 21.5 Å². The Morgan fingerprint density at radius 2 is 2.10 bits per heavy atom. The number of amides is 2. The maximum Gasteiger partial charge on any atom is 0.227 e. The van der Waals surface area contributed by atoms with Crippen molar-refractivity contribution in [3.8, 4) is 0 Å². The minimum absolute atomic E-state index is 0.00172. The number of nitrogens with zero attached hydrogens (tertiary/aromatic N) is 2. The first-order chi connectivity index (χ1) is 14.0. The highest BCUT2D eigenvalue weighted by molar-refractivity contribution is 8.00. The van der Waals surface area contributed by atoms with Crippen LogP contribution in [0.4, 0.5) is 0 Å². The second-order valence-corrected chi connectivity index (χ2v) is 10.6. The van der Waals surface area contributed by atoms with Gasteiger partial charge in [-0.25, -0.2) is 10.9 Å². The molecule has 164 valence electrons. The fraction of sp³-hybridized carbons (Fsp3) is 0.900. The van der Waals surface area contributed by atoms with Crippen LogP contribution in [-0.2, 0) is 9.59 Å². The van der Waals surface area contributed by atoms with Crippen LogP contribution in [-0.4, -0.2) is 72.4 Å². The summed E-state index contributed by atoms with van der Waals surface area (Å²) in [4.78, 5) is 29.7. The van der Waals surface area contributed by atoms with Crippen LogP contribution in [0.15, 0.2) is 0 Å². The van der Waals surface area contributed by atoms with Crippen molar-refractivity contribution in [2.75, 3.05) is 33.9 Å². The molecule has 0 bridgehead atoms. The van der Waals surface area contributed by atoms with Gasteiger partial charge in [0.2, 0.25) is 11.8 Å². The van der Waals surface area contributed by atoms with E-state index in [1.165, 1.54) is 0 Å². The lowest BCUT2D eigenvalue weighted by atomic mass is 9.75. The lowest BCUT2D eigenvalue weighted by molar-refractivity contribution is -0.136. The number of thioether (sulfide) groups is 1. The average molecular weight is 425 g/mol. The average Bonchev–Trinajstić information content (AvgIpc) is 3.30. The van der Waals surface area contributed by atoms with Crippen LogP contribution in [0.5, 0.6) is 0 Å². The number of likely N-dealkylation sites (tertiary alicyclic amines) is 1. The van der Waals surface area contributed by atoms with Crippen molar-refractivity contribution < 1.29 is 9.59 Å². The fourth-order valence-electron chi connectivity index (χ4n) is 5.52. The SMILES string of the molecule is CNC(=O)C1CCC2CN(C3CC(C(C)SC4NNCN4C)CCN3)C(=O)C2C1. The van der Waals surface area contributed by atoms with E-state index in [0.717, 1.165) is 51.9 Å². The van der Waals surface area contributed by atoms with Crippen molar-refractivity contribution in [1.29, 1.82) is 0 Å². The van der Waals surface area contributed by atoms with Gasteiger partial charge in [-0.3, -0.25) is 19.8 Å². The lowest BCUT2D eigenvalue weighted by Gasteiger charge is -2.39. The number of hydrogen-bond donors (Lipinski definition) is 4. The summed E-state index contributed by atoms with van der Waals surface area (Å²) in [5.41, 5.74) is 6.82. The standard InChI is InChI=1S/C20H36N6O2S/c1-12(29-20-24-23-11-25(20)3)13-6-7-22-17(9-13)26-10-15-5-4-14(18(27)21-2)8-16(15)19(26)28/h12-17,20,22-24H,4-11H2,1-3H3,(H,21,27). The van der Waals surface area contributed by atoms with E-state index in [9.17, 15) is 9.59 Å². The molecule has 0 aromatic rings. The molecule has 3 aliphatic heterocycles. The Balaban J connectivity index is 1.35. The van der Waals surface area contributed by atoms with E-state index < -0.39 is 0 Å². The van der Waals surface area contributed by atoms with E-state index in [4.69, 9.17) is 0 Å². The highest BCUT2D eigenvalue weighted by Gasteiger charge is 2.48. The van der Waals surface area contributed by atoms with Gasteiger partial charge in [0.1, 0.15) is 5.50 Å². The minimum atomic E-state index is -0.00172. The zero-order chi connectivity index (χ0) is 20.5. The smallest absolute Gasteiger partial charge is 0.227 e. The summed E-state index contributed by atoms with van der Waals surface area (Å²) in [7, 11) is 3.82. The second-order valence-electron chi connectivity index (χ2n) is 9.17. The van der Waals surface area contributed by atoms with E-state index in [1.807, 2.05) is 11.8 Å². The predicted octanol–water partition coefficient (Wildman–Crippen LogP) is 0.335. The largest absolute Gasteiger partial charge is 0.359 e. The molecule has 7 atom stereocenters. The van der Waals surface area contributed by atoms with Crippen LogP contribution in [0, 0.1) is 23.7 Å². The Morgan fingerprint density at radius 3 is 2.83 bits per heavy atom. The maximum atomic E-state index is 13.2. The highest BCUT2D eigenvalue weighted by atomic mass is 32.2. The van der Waals surface area contributed by atoms with Gasteiger partial charge in [0.15, 0.2) is 0 Å². The van der Waals surface area contributed by atoms with E-state index in [0.29, 0.717) is 22.6 Å². The third kappa shape index (κ3) is 4.44. The van der Waals surface area contributed by atoms with E-state index in [2.05, 4.69) is 45.3 Å². The molecule has 4 fully saturated rings. The summed E-state index contributed by atoms with van der Waals surface area (Å²) in [6.07, 6.45) is 4.92. The van der Waals surface area contributed by atoms with Crippen molar-refractivity contribution >= 4 is 23.6 Å². The fourth-order valence-corrected chi connectivity index (χ4v) is 6.83. The van der Waals surface area contributed by atoms with Gasteiger partial charge in [-0.05, 0) is 57.5 Å². The number of carbonyl (C=O) groups is 2. The van der Waals surface area contributed by atoms with Crippen LogP contribution >= 0.6 is 11.8 Å². The van der Waals surface area contributed by atoms with Crippen molar-refractivity contribution in [3.05, 3.63) is 0 Å². The Hall–Kier alpha value is -0.870. The Labute approximate surface area is 178 Å². The zero-order valence-electron chi connectivity index (χ0n) is 17.8. The molecule has 0 radical (unpaired) electrons. The molecule has 0 spiro atoms. The molecule has 4 N–H and O–H groups in total. The Kier molecular flexibility index (Phi) is 6.70. The normalized spacial score (nSPS) is 39.4. The van der Waals surface area contributed by atoms with Gasteiger partial charge >= 0.3 is 0 Å². The summed E-state index contributed by atoms with van der Waals surface area (Å²) in [5, 5.41) is 6.90. The van der Waals surface area contributed by atoms with E-state index >= 15 is 0 Å². The molecule has 4 aliphatic rings. The molecule has 3 heterocycles. The summed E-state index contributed by atoms with van der Waals surface area (Å²) in [6, 6.07) is 0. The quantitative estimate of drug-likeness (QED) is 0.506. The third-order valence-electron chi connectivity index (χ3n) is 7.40. The molecule has 1 saturated carbocycles. The molecular weight excluding hydrogens is 388 g/mol. The first-order valence-electron chi connectivity index (χ1n) is 11.1. The number of hydrazine groups is 1. The van der Waals surface area contributed by atoms with Gasteiger partial charge < -0.3 is 10.2 Å². The number of fused-ring (bicyclic) bond motifs is 1. The van der Waals surface area contributed by atoms with Crippen molar-refractivity contribution in [3.63, 3.8) is 0 Å². The Morgan fingerprint density at radius 1 is 1.28 bits per heavy atom. The second kappa shape index (κ2) is 9.09. The number of piperidine rings is 1. The lowest BCUT2D eigenvalue weighted by Crippen LogP contribution is -2.52. The monoisotopic (exact) mass is 424 g/mol. The number of hydrogen-bond acceptors (Lipinski definition) is 7. The molecular formula is C20H36N6O2S.